The van der Waals surface area contributed by atoms with Gasteiger partial charge in [-0.3, -0.25) is 9.59 Å². The van der Waals surface area contributed by atoms with E-state index in [1.807, 2.05) is 0 Å². The summed E-state index contributed by atoms with van der Waals surface area (Å²) in [5.74, 6) is -1.81. The summed E-state index contributed by atoms with van der Waals surface area (Å²) in [4.78, 5) is 21.7. The fourth-order valence-corrected chi connectivity index (χ4v) is 2.07. The van der Waals surface area contributed by atoms with Gasteiger partial charge in [0.2, 0.25) is 5.91 Å². The summed E-state index contributed by atoms with van der Waals surface area (Å²) in [5, 5.41) is 11.3. The molecule has 1 amide bonds. The van der Waals surface area contributed by atoms with Gasteiger partial charge in [-0.25, -0.2) is 4.39 Å². The van der Waals surface area contributed by atoms with Crippen LogP contribution in [0, 0.1) is 5.82 Å². The Labute approximate surface area is 106 Å². The monoisotopic (exact) mass is 303 g/mol. The number of hydrogen-bond donors (Lipinski definition) is 2. The van der Waals surface area contributed by atoms with Crippen molar-refractivity contribution < 1.29 is 19.1 Å². The van der Waals surface area contributed by atoms with Crippen LogP contribution in [0.3, 0.4) is 0 Å². The van der Waals surface area contributed by atoms with E-state index in [2.05, 4.69) is 21.2 Å². The molecule has 0 saturated carbocycles. The van der Waals surface area contributed by atoms with E-state index in [9.17, 15) is 14.0 Å². The predicted octanol–water partition coefficient (Wildman–Crippen LogP) is 2.24. The maximum atomic E-state index is 12.9. The average molecular weight is 304 g/mol. The molecule has 92 valence electrons. The van der Waals surface area contributed by atoms with Crippen molar-refractivity contribution >= 4 is 27.8 Å². The van der Waals surface area contributed by atoms with Crippen LogP contribution in [-0.4, -0.2) is 17.0 Å². The molecule has 0 aliphatic rings. The zero-order valence-electron chi connectivity index (χ0n) is 9.04. The van der Waals surface area contributed by atoms with Crippen molar-refractivity contribution in [3.05, 3.63) is 34.1 Å². The minimum absolute atomic E-state index is 0.260. The zero-order chi connectivity index (χ0) is 13.0. The standard InChI is InChI=1S/C11H11BrFNO3/c1-6(15)14-10(5-11(16)17)8-3-2-7(13)4-9(8)12/h2-4,10H,5H2,1H3,(H,14,15)(H,16,17)/t10-/m1/s1. The molecule has 0 aliphatic carbocycles. The molecule has 0 aliphatic heterocycles. The third kappa shape index (κ3) is 4.14. The maximum Gasteiger partial charge on any atom is 0.305 e. The van der Waals surface area contributed by atoms with Gasteiger partial charge in [0, 0.05) is 11.4 Å². The van der Waals surface area contributed by atoms with Crippen LogP contribution in [0.4, 0.5) is 4.39 Å². The van der Waals surface area contributed by atoms with Crippen LogP contribution in [0.15, 0.2) is 22.7 Å². The normalized spacial score (nSPS) is 11.9. The van der Waals surface area contributed by atoms with Crippen molar-refractivity contribution in [2.45, 2.75) is 19.4 Å². The Hall–Kier alpha value is -1.43. The largest absolute Gasteiger partial charge is 0.481 e. The topological polar surface area (TPSA) is 66.4 Å². The third-order valence-electron chi connectivity index (χ3n) is 2.09. The Balaban J connectivity index is 3.02. The smallest absolute Gasteiger partial charge is 0.305 e. The number of carbonyl (C=O) groups excluding carboxylic acids is 1. The molecule has 0 unspecified atom stereocenters. The van der Waals surface area contributed by atoms with Crippen molar-refractivity contribution in [1.82, 2.24) is 5.32 Å². The first kappa shape index (κ1) is 13.6. The molecule has 2 N–H and O–H groups in total. The lowest BCUT2D eigenvalue weighted by Crippen LogP contribution is -2.28. The molecule has 0 spiro atoms. The van der Waals surface area contributed by atoms with Gasteiger partial charge in [-0.2, -0.15) is 0 Å². The van der Waals surface area contributed by atoms with E-state index < -0.39 is 17.8 Å². The van der Waals surface area contributed by atoms with Gasteiger partial charge in [-0.1, -0.05) is 22.0 Å². The Morgan fingerprint density at radius 2 is 2.18 bits per heavy atom. The second-order valence-corrected chi connectivity index (χ2v) is 4.37. The van der Waals surface area contributed by atoms with Gasteiger partial charge in [-0.05, 0) is 17.7 Å². The summed E-state index contributed by atoms with van der Waals surface area (Å²) in [6.07, 6.45) is -0.260. The zero-order valence-corrected chi connectivity index (χ0v) is 10.6. The first-order valence-corrected chi connectivity index (χ1v) is 5.63. The molecule has 1 atom stereocenters. The van der Waals surface area contributed by atoms with Crippen molar-refractivity contribution in [2.75, 3.05) is 0 Å². The summed E-state index contributed by atoms with van der Waals surface area (Å²) in [6.45, 7) is 1.30. The summed E-state index contributed by atoms with van der Waals surface area (Å²) in [7, 11) is 0. The number of halogens is 2. The van der Waals surface area contributed by atoms with Gasteiger partial charge in [0.25, 0.3) is 0 Å². The van der Waals surface area contributed by atoms with Gasteiger partial charge < -0.3 is 10.4 Å². The lowest BCUT2D eigenvalue weighted by Gasteiger charge is -2.17. The summed E-state index contributed by atoms with van der Waals surface area (Å²) in [6, 6.07) is 3.21. The lowest BCUT2D eigenvalue weighted by atomic mass is 10.0. The number of benzene rings is 1. The Kier molecular flexibility index (Phi) is 4.62. The molecule has 4 nitrogen and oxygen atoms in total. The number of rotatable bonds is 4. The third-order valence-corrected chi connectivity index (χ3v) is 2.78. The Morgan fingerprint density at radius 1 is 1.53 bits per heavy atom. The molecule has 0 aromatic heterocycles. The van der Waals surface area contributed by atoms with E-state index >= 15 is 0 Å². The number of nitrogens with one attached hydrogen (secondary N) is 1. The molecule has 0 saturated heterocycles. The van der Waals surface area contributed by atoms with Gasteiger partial charge >= 0.3 is 5.97 Å². The minimum atomic E-state index is -1.04. The van der Waals surface area contributed by atoms with Gasteiger partial charge in [-0.15, -0.1) is 0 Å². The van der Waals surface area contributed by atoms with Crippen LogP contribution in [0.5, 0.6) is 0 Å². The van der Waals surface area contributed by atoms with Gasteiger partial charge in [0.05, 0.1) is 12.5 Å². The second kappa shape index (κ2) is 5.77. The van der Waals surface area contributed by atoms with E-state index in [4.69, 9.17) is 5.11 Å². The van der Waals surface area contributed by atoms with E-state index in [1.54, 1.807) is 0 Å². The molecule has 0 radical (unpaired) electrons. The maximum absolute atomic E-state index is 12.9. The fourth-order valence-electron chi connectivity index (χ4n) is 1.44. The van der Waals surface area contributed by atoms with Crippen molar-refractivity contribution in [3.63, 3.8) is 0 Å². The van der Waals surface area contributed by atoms with Crippen LogP contribution >= 0.6 is 15.9 Å². The molecule has 0 heterocycles. The number of carboxylic acid groups (broad SMARTS) is 1. The van der Waals surface area contributed by atoms with E-state index in [0.29, 0.717) is 10.0 Å². The van der Waals surface area contributed by atoms with Crippen LogP contribution < -0.4 is 5.32 Å². The van der Waals surface area contributed by atoms with Crippen molar-refractivity contribution in [2.24, 2.45) is 0 Å². The number of amides is 1. The number of carboxylic acids is 1. The predicted molar refractivity (Wildman–Crippen MR) is 62.9 cm³/mol. The molecule has 1 aromatic carbocycles. The highest BCUT2D eigenvalue weighted by Crippen LogP contribution is 2.26. The molecule has 1 rings (SSSR count). The molecule has 17 heavy (non-hydrogen) atoms. The Morgan fingerprint density at radius 3 is 2.65 bits per heavy atom. The molecule has 0 fully saturated rings. The number of aliphatic carboxylic acids is 1. The molecule has 1 aromatic rings. The first-order valence-electron chi connectivity index (χ1n) is 4.84. The first-order chi connectivity index (χ1) is 7.90. The van der Waals surface area contributed by atoms with Gasteiger partial charge in [0.1, 0.15) is 5.82 Å². The van der Waals surface area contributed by atoms with Crippen LogP contribution in [0.2, 0.25) is 0 Å². The average Bonchev–Trinajstić information content (AvgIpc) is 2.14. The quantitative estimate of drug-likeness (QED) is 0.896. The molecular formula is C11H11BrFNO3. The molecule has 6 heteroatoms. The summed E-state index contributed by atoms with van der Waals surface area (Å²) < 4.78 is 13.3. The van der Waals surface area contributed by atoms with E-state index in [-0.39, 0.29) is 12.3 Å². The minimum Gasteiger partial charge on any atom is -0.481 e. The molecule has 0 bridgehead atoms. The van der Waals surface area contributed by atoms with Crippen molar-refractivity contribution in [1.29, 1.82) is 0 Å². The number of hydrogen-bond acceptors (Lipinski definition) is 2. The van der Waals surface area contributed by atoms with E-state index in [0.717, 1.165) is 0 Å². The summed E-state index contributed by atoms with van der Waals surface area (Å²) >= 11 is 3.14. The van der Waals surface area contributed by atoms with E-state index in [1.165, 1.54) is 25.1 Å². The second-order valence-electron chi connectivity index (χ2n) is 3.52. The highest BCUT2D eigenvalue weighted by molar-refractivity contribution is 9.10. The lowest BCUT2D eigenvalue weighted by molar-refractivity contribution is -0.137. The van der Waals surface area contributed by atoms with Crippen molar-refractivity contribution in [3.8, 4) is 0 Å². The van der Waals surface area contributed by atoms with Gasteiger partial charge in [0.15, 0.2) is 0 Å². The SMILES string of the molecule is CC(=O)N[C@H](CC(=O)O)c1ccc(F)cc1Br. The van der Waals surface area contributed by atoms with Crippen LogP contribution in [-0.2, 0) is 9.59 Å². The summed E-state index contributed by atoms with van der Waals surface area (Å²) in [5.41, 5.74) is 0.531. The number of carbonyl (C=O) groups is 2. The molecular weight excluding hydrogens is 293 g/mol. The highest BCUT2D eigenvalue weighted by Gasteiger charge is 2.19. The Bertz CT molecular complexity index is 434. The fraction of sp³-hybridized carbons (Fsp3) is 0.273. The van der Waals surface area contributed by atoms with Crippen LogP contribution in [0.1, 0.15) is 24.9 Å². The highest BCUT2D eigenvalue weighted by atomic mass is 79.9. The van der Waals surface area contributed by atoms with Crippen LogP contribution in [0.25, 0.3) is 0 Å².